The number of amides is 1. The van der Waals surface area contributed by atoms with Gasteiger partial charge in [0.25, 0.3) is 5.91 Å². The van der Waals surface area contributed by atoms with Gasteiger partial charge in [-0.25, -0.2) is 4.39 Å². The monoisotopic (exact) mass is 402 g/mol. The Morgan fingerprint density at radius 2 is 2.18 bits per heavy atom. The van der Waals surface area contributed by atoms with Crippen LogP contribution in [-0.4, -0.2) is 60.0 Å². The number of carbonyl (C=O) groups excluding carboxylic acids is 1. The number of halogens is 1. The standard InChI is InChI=1S/C20H23FN4O2S/c21-16-5-1-4-14-18-15(12-28-19(14)16)17(20(26)24-7-9-27-10-8-24)23-25(18)13-3-2-6-22-11-13/h1,4-5,13,22H,2-3,6-12H2. The molecule has 0 aliphatic carbocycles. The molecule has 8 heteroatoms. The Hall–Kier alpha value is -1.90. The highest BCUT2D eigenvalue weighted by molar-refractivity contribution is 7.98. The zero-order valence-corrected chi connectivity index (χ0v) is 16.4. The van der Waals surface area contributed by atoms with Crippen molar-refractivity contribution in [2.24, 2.45) is 0 Å². The first-order chi connectivity index (χ1) is 13.7. The van der Waals surface area contributed by atoms with Gasteiger partial charge in [0, 0.05) is 36.5 Å². The van der Waals surface area contributed by atoms with Gasteiger partial charge >= 0.3 is 0 Å². The third-order valence-corrected chi connectivity index (χ3v) is 6.85. The molecule has 0 saturated carbocycles. The number of piperidine rings is 1. The fraction of sp³-hybridized carbons (Fsp3) is 0.500. The van der Waals surface area contributed by atoms with E-state index in [1.54, 1.807) is 6.07 Å². The van der Waals surface area contributed by atoms with Crippen LogP contribution in [0.4, 0.5) is 4.39 Å². The van der Waals surface area contributed by atoms with Gasteiger partial charge in [0.1, 0.15) is 5.82 Å². The fourth-order valence-electron chi connectivity index (χ4n) is 4.27. The lowest BCUT2D eigenvalue weighted by molar-refractivity contribution is 0.0297. The molecule has 2 fully saturated rings. The second kappa shape index (κ2) is 7.50. The van der Waals surface area contributed by atoms with E-state index in [1.807, 2.05) is 15.6 Å². The number of thioether (sulfide) groups is 1. The SMILES string of the molecule is O=C(c1nn(C2CCCNC2)c2c1CSc1c(F)cccc1-2)N1CCOCC1. The molecule has 0 bridgehead atoms. The topological polar surface area (TPSA) is 59.4 Å². The van der Waals surface area contributed by atoms with Gasteiger partial charge in [-0.3, -0.25) is 9.48 Å². The summed E-state index contributed by atoms with van der Waals surface area (Å²) in [7, 11) is 0. The van der Waals surface area contributed by atoms with Crippen LogP contribution in [0, 0.1) is 5.82 Å². The summed E-state index contributed by atoms with van der Waals surface area (Å²) in [5, 5.41) is 8.25. The van der Waals surface area contributed by atoms with Gasteiger partial charge in [-0.2, -0.15) is 5.10 Å². The predicted molar refractivity (Wildman–Crippen MR) is 105 cm³/mol. The van der Waals surface area contributed by atoms with Crippen molar-refractivity contribution in [2.75, 3.05) is 39.4 Å². The predicted octanol–water partition coefficient (Wildman–Crippen LogP) is 2.69. The van der Waals surface area contributed by atoms with Crippen molar-refractivity contribution in [2.45, 2.75) is 29.5 Å². The van der Waals surface area contributed by atoms with Crippen LogP contribution >= 0.6 is 11.8 Å². The molecule has 1 aromatic carbocycles. The van der Waals surface area contributed by atoms with Crippen molar-refractivity contribution in [1.82, 2.24) is 20.0 Å². The van der Waals surface area contributed by atoms with E-state index in [0.717, 1.165) is 42.8 Å². The number of morpholine rings is 1. The first-order valence-electron chi connectivity index (χ1n) is 9.85. The summed E-state index contributed by atoms with van der Waals surface area (Å²) in [6.45, 7) is 4.11. The number of aromatic nitrogens is 2. The number of benzene rings is 1. The van der Waals surface area contributed by atoms with Crippen LogP contribution in [0.15, 0.2) is 23.1 Å². The minimum absolute atomic E-state index is 0.0393. The van der Waals surface area contributed by atoms with Crippen LogP contribution in [0.2, 0.25) is 0 Å². The molecule has 1 aromatic heterocycles. The summed E-state index contributed by atoms with van der Waals surface area (Å²) in [5.41, 5.74) is 3.22. The first kappa shape index (κ1) is 18.1. The molecular weight excluding hydrogens is 379 g/mol. The Kier molecular flexibility index (Phi) is 4.86. The molecule has 5 rings (SSSR count). The number of carbonyl (C=O) groups is 1. The Morgan fingerprint density at radius 1 is 1.32 bits per heavy atom. The van der Waals surface area contributed by atoms with Crippen molar-refractivity contribution in [1.29, 1.82) is 0 Å². The number of fused-ring (bicyclic) bond motifs is 3. The molecule has 6 nitrogen and oxygen atoms in total. The highest BCUT2D eigenvalue weighted by Gasteiger charge is 2.34. The fourth-order valence-corrected chi connectivity index (χ4v) is 5.36. The van der Waals surface area contributed by atoms with Crippen LogP contribution < -0.4 is 5.32 Å². The van der Waals surface area contributed by atoms with Gasteiger partial charge in [-0.1, -0.05) is 12.1 Å². The van der Waals surface area contributed by atoms with Gasteiger partial charge in [-0.15, -0.1) is 11.8 Å². The van der Waals surface area contributed by atoms with E-state index < -0.39 is 0 Å². The second-order valence-electron chi connectivity index (χ2n) is 7.43. The number of ether oxygens (including phenoxy) is 1. The molecule has 28 heavy (non-hydrogen) atoms. The molecule has 0 spiro atoms. The summed E-state index contributed by atoms with van der Waals surface area (Å²) in [4.78, 5) is 15.7. The maximum Gasteiger partial charge on any atom is 0.274 e. The number of hydrogen-bond acceptors (Lipinski definition) is 5. The smallest absolute Gasteiger partial charge is 0.274 e. The lowest BCUT2D eigenvalue weighted by Crippen LogP contribution is -2.41. The summed E-state index contributed by atoms with van der Waals surface area (Å²) < 4.78 is 21.8. The normalized spacial score (nSPS) is 21.9. The zero-order valence-electron chi connectivity index (χ0n) is 15.6. The van der Waals surface area contributed by atoms with Crippen LogP contribution in [0.1, 0.15) is 34.9 Å². The lowest BCUT2D eigenvalue weighted by atomic mass is 10.0. The molecule has 1 N–H and O–H groups in total. The van der Waals surface area contributed by atoms with E-state index in [2.05, 4.69) is 5.32 Å². The van der Waals surface area contributed by atoms with Gasteiger partial charge < -0.3 is 15.0 Å². The summed E-state index contributed by atoms with van der Waals surface area (Å²) in [5.74, 6) is 0.320. The molecule has 1 atom stereocenters. The summed E-state index contributed by atoms with van der Waals surface area (Å²) >= 11 is 1.46. The van der Waals surface area contributed by atoms with E-state index in [0.29, 0.717) is 42.6 Å². The number of nitrogens with zero attached hydrogens (tertiary/aromatic N) is 3. The summed E-state index contributed by atoms with van der Waals surface area (Å²) in [6.07, 6.45) is 2.07. The Labute approximate surface area is 167 Å². The Morgan fingerprint density at radius 3 is 2.96 bits per heavy atom. The van der Waals surface area contributed by atoms with E-state index in [-0.39, 0.29) is 17.8 Å². The van der Waals surface area contributed by atoms with Crippen molar-refractivity contribution in [3.05, 3.63) is 35.3 Å². The first-order valence-corrected chi connectivity index (χ1v) is 10.8. The third-order valence-electron chi connectivity index (χ3n) is 5.71. The minimum Gasteiger partial charge on any atom is -0.378 e. The number of rotatable bonds is 2. The zero-order chi connectivity index (χ0) is 19.1. The molecule has 1 unspecified atom stereocenters. The third kappa shape index (κ3) is 3.03. The van der Waals surface area contributed by atoms with E-state index in [9.17, 15) is 9.18 Å². The van der Waals surface area contributed by atoms with Gasteiger partial charge in [-0.05, 0) is 25.5 Å². The Balaban J connectivity index is 1.63. The minimum atomic E-state index is -0.205. The van der Waals surface area contributed by atoms with Crippen LogP contribution in [0.5, 0.6) is 0 Å². The van der Waals surface area contributed by atoms with Crippen LogP contribution in [0.3, 0.4) is 0 Å². The van der Waals surface area contributed by atoms with E-state index >= 15 is 0 Å². The maximum atomic E-state index is 14.4. The molecule has 0 radical (unpaired) electrons. The van der Waals surface area contributed by atoms with Crippen molar-refractivity contribution < 1.29 is 13.9 Å². The molecule has 4 heterocycles. The quantitative estimate of drug-likeness (QED) is 0.837. The lowest BCUT2D eigenvalue weighted by Gasteiger charge is -2.27. The highest BCUT2D eigenvalue weighted by atomic mass is 32.2. The van der Waals surface area contributed by atoms with Crippen LogP contribution in [-0.2, 0) is 10.5 Å². The van der Waals surface area contributed by atoms with Gasteiger partial charge in [0.2, 0.25) is 0 Å². The van der Waals surface area contributed by atoms with E-state index in [4.69, 9.17) is 9.84 Å². The largest absolute Gasteiger partial charge is 0.378 e. The van der Waals surface area contributed by atoms with E-state index in [1.165, 1.54) is 17.8 Å². The number of nitrogens with one attached hydrogen (secondary N) is 1. The Bertz CT molecular complexity index is 904. The molecule has 3 aliphatic heterocycles. The second-order valence-corrected chi connectivity index (χ2v) is 8.42. The molecule has 148 valence electrons. The van der Waals surface area contributed by atoms with Gasteiger partial charge in [0.05, 0.1) is 29.8 Å². The van der Waals surface area contributed by atoms with Crippen molar-refractivity contribution >= 4 is 17.7 Å². The van der Waals surface area contributed by atoms with Gasteiger partial charge in [0.15, 0.2) is 5.69 Å². The average Bonchev–Trinajstić information content (AvgIpc) is 3.15. The molecule has 2 saturated heterocycles. The molecule has 1 amide bonds. The van der Waals surface area contributed by atoms with Crippen molar-refractivity contribution in [3.63, 3.8) is 0 Å². The van der Waals surface area contributed by atoms with Crippen LogP contribution in [0.25, 0.3) is 11.3 Å². The molecular formula is C20H23FN4O2S. The summed E-state index contributed by atoms with van der Waals surface area (Å²) in [6, 6.07) is 5.36. The molecule has 3 aliphatic rings. The number of hydrogen-bond donors (Lipinski definition) is 1. The maximum absolute atomic E-state index is 14.4. The average molecular weight is 402 g/mol. The van der Waals surface area contributed by atoms with Crippen molar-refractivity contribution in [3.8, 4) is 11.3 Å². The molecule has 2 aromatic rings. The highest BCUT2D eigenvalue weighted by Crippen LogP contribution is 2.45.